The van der Waals surface area contributed by atoms with Crippen LogP contribution in [0.1, 0.15) is 24.1 Å². The van der Waals surface area contributed by atoms with E-state index in [0.717, 1.165) is 24.2 Å². The topological polar surface area (TPSA) is 51.8 Å². The minimum absolute atomic E-state index is 0.0956. The van der Waals surface area contributed by atoms with Crippen LogP contribution >= 0.6 is 0 Å². The zero-order valence-electron chi connectivity index (χ0n) is 8.93. The molecule has 2 aromatic rings. The van der Waals surface area contributed by atoms with Gasteiger partial charge in [0.1, 0.15) is 6.33 Å². The van der Waals surface area contributed by atoms with Gasteiger partial charge in [0.15, 0.2) is 0 Å². The summed E-state index contributed by atoms with van der Waals surface area (Å²) in [6.07, 6.45) is 5.71. The maximum atomic E-state index is 5.83. The van der Waals surface area contributed by atoms with Crippen LogP contribution in [0.25, 0.3) is 0 Å². The van der Waals surface area contributed by atoms with Gasteiger partial charge in [-0.05, 0) is 36.6 Å². The molecule has 1 aliphatic carbocycles. The lowest BCUT2D eigenvalue weighted by atomic mass is 9.92. The Labute approximate surface area is 94.4 Å². The third-order valence-electron chi connectivity index (χ3n) is 3.26. The van der Waals surface area contributed by atoms with Crippen molar-refractivity contribution < 1.29 is 0 Å². The molecule has 0 saturated heterocycles. The van der Waals surface area contributed by atoms with Crippen LogP contribution in [0.5, 0.6) is 0 Å². The SMILES string of the molecule is Nc1cccc(C2(c3ccncn3)CC2)c1. The number of aromatic nitrogens is 2. The molecule has 3 heteroatoms. The fraction of sp³-hybridized carbons (Fsp3) is 0.231. The summed E-state index contributed by atoms with van der Waals surface area (Å²) < 4.78 is 0. The Kier molecular flexibility index (Phi) is 1.93. The number of benzene rings is 1. The van der Waals surface area contributed by atoms with Gasteiger partial charge in [-0.25, -0.2) is 9.97 Å². The lowest BCUT2D eigenvalue weighted by Crippen LogP contribution is -2.11. The van der Waals surface area contributed by atoms with Crippen LogP contribution in [0.4, 0.5) is 5.69 Å². The Morgan fingerprint density at radius 2 is 2.06 bits per heavy atom. The minimum Gasteiger partial charge on any atom is -0.399 e. The number of nitrogens with two attached hydrogens (primary N) is 1. The summed E-state index contributed by atoms with van der Waals surface area (Å²) in [6, 6.07) is 10.1. The highest BCUT2D eigenvalue weighted by molar-refractivity contribution is 5.49. The maximum Gasteiger partial charge on any atom is 0.115 e. The predicted octanol–water partition coefficient (Wildman–Crippen LogP) is 2.14. The van der Waals surface area contributed by atoms with Crippen molar-refractivity contribution in [2.75, 3.05) is 5.73 Å². The molecule has 0 radical (unpaired) electrons. The molecule has 3 nitrogen and oxygen atoms in total. The van der Waals surface area contributed by atoms with Crippen LogP contribution in [0.2, 0.25) is 0 Å². The van der Waals surface area contributed by atoms with Gasteiger partial charge in [0.05, 0.1) is 5.69 Å². The molecule has 3 rings (SSSR count). The van der Waals surface area contributed by atoms with E-state index in [4.69, 9.17) is 5.73 Å². The summed E-state index contributed by atoms with van der Waals surface area (Å²) in [4.78, 5) is 8.33. The largest absolute Gasteiger partial charge is 0.399 e. The predicted molar refractivity (Wildman–Crippen MR) is 62.9 cm³/mol. The lowest BCUT2D eigenvalue weighted by Gasteiger charge is -2.15. The number of hydrogen-bond donors (Lipinski definition) is 1. The highest BCUT2D eigenvalue weighted by Crippen LogP contribution is 2.52. The van der Waals surface area contributed by atoms with Crippen LogP contribution < -0.4 is 5.73 Å². The van der Waals surface area contributed by atoms with Gasteiger partial charge in [0.25, 0.3) is 0 Å². The molecule has 0 amide bonds. The zero-order valence-corrected chi connectivity index (χ0v) is 8.93. The first-order valence-electron chi connectivity index (χ1n) is 5.44. The second kappa shape index (κ2) is 3.30. The monoisotopic (exact) mass is 211 g/mol. The molecule has 1 aromatic carbocycles. The van der Waals surface area contributed by atoms with E-state index in [1.54, 1.807) is 12.5 Å². The summed E-state index contributed by atoms with van der Waals surface area (Å²) in [7, 11) is 0. The van der Waals surface area contributed by atoms with Gasteiger partial charge in [-0.2, -0.15) is 0 Å². The van der Waals surface area contributed by atoms with Crippen molar-refractivity contribution in [2.24, 2.45) is 0 Å². The van der Waals surface area contributed by atoms with E-state index in [1.165, 1.54) is 5.56 Å². The van der Waals surface area contributed by atoms with Gasteiger partial charge in [-0.3, -0.25) is 0 Å². The summed E-state index contributed by atoms with van der Waals surface area (Å²) in [5.41, 5.74) is 9.12. The van der Waals surface area contributed by atoms with Gasteiger partial charge in [0.2, 0.25) is 0 Å². The van der Waals surface area contributed by atoms with E-state index in [1.807, 2.05) is 18.2 Å². The van der Waals surface area contributed by atoms with Crippen molar-refractivity contribution in [1.82, 2.24) is 9.97 Å². The first-order valence-corrected chi connectivity index (χ1v) is 5.44. The second-order valence-corrected chi connectivity index (χ2v) is 4.30. The number of anilines is 1. The van der Waals surface area contributed by atoms with Crippen molar-refractivity contribution in [1.29, 1.82) is 0 Å². The summed E-state index contributed by atoms with van der Waals surface area (Å²) in [5.74, 6) is 0. The average Bonchev–Trinajstić information content (AvgIpc) is 3.11. The van der Waals surface area contributed by atoms with Crippen molar-refractivity contribution in [2.45, 2.75) is 18.3 Å². The van der Waals surface area contributed by atoms with Gasteiger partial charge >= 0.3 is 0 Å². The van der Waals surface area contributed by atoms with Crippen molar-refractivity contribution in [3.63, 3.8) is 0 Å². The lowest BCUT2D eigenvalue weighted by molar-refractivity contribution is 0.795. The van der Waals surface area contributed by atoms with Gasteiger partial charge in [-0.15, -0.1) is 0 Å². The van der Waals surface area contributed by atoms with Crippen LogP contribution in [-0.2, 0) is 5.41 Å². The fourth-order valence-corrected chi connectivity index (χ4v) is 2.23. The average molecular weight is 211 g/mol. The van der Waals surface area contributed by atoms with Crippen molar-refractivity contribution >= 4 is 5.69 Å². The van der Waals surface area contributed by atoms with Gasteiger partial charge < -0.3 is 5.73 Å². The van der Waals surface area contributed by atoms with Crippen LogP contribution in [-0.4, -0.2) is 9.97 Å². The first kappa shape index (κ1) is 9.33. The third kappa shape index (κ3) is 1.36. The Morgan fingerprint density at radius 3 is 2.69 bits per heavy atom. The quantitative estimate of drug-likeness (QED) is 0.774. The summed E-state index contributed by atoms with van der Waals surface area (Å²) in [6.45, 7) is 0. The van der Waals surface area contributed by atoms with E-state index in [9.17, 15) is 0 Å². The molecule has 0 atom stereocenters. The normalized spacial score (nSPS) is 17.0. The van der Waals surface area contributed by atoms with E-state index in [2.05, 4.69) is 22.1 Å². The zero-order chi connectivity index (χ0) is 11.0. The standard InChI is InChI=1S/C13H13N3/c14-11-3-1-2-10(8-11)13(5-6-13)12-4-7-15-9-16-12/h1-4,7-9H,5-6,14H2. The molecule has 0 spiro atoms. The van der Waals surface area contributed by atoms with E-state index in [-0.39, 0.29) is 5.41 Å². The minimum atomic E-state index is 0.0956. The van der Waals surface area contributed by atoms with Crippen molar-refractivity contribution in [3.05, 3.63) is 54.1 Å². The Morgan fingerprint density at radius 1 is 1.19 bits per heavy atom. The van der Waals surface area contributed by atoms with E-state index >= 15 is 0 Å². The molecule has 0 unspecified atom stereocenters. The summed E-state index contributed by atoms with van der Waals surface area (Å²) >= 11 is 0. The molecule has 1 saturated carbocycles. The Hall–Kier alpha value is -1.90. The molecule has 0 aliphatic heterocycles. The molecular formula is C13H13N3. The molecule has 1 fully saturated rings. The molecular weight excluding hydrogens is 198 g/mol. The Balaban J connectivity index is 2.07. The summed E-state index contributed by atoms with van der Waals surface area (Å²) in [5, 5.41) is 0. The number of rotatable bonds is 2. The molecule has 80 valence electrons. The number of hydrogen-bond acceptors (Lipinski definition) is 3. The second-order valence-electron chi connectivity index (χ2n) is 4.30. The molecule has 2 N–H and O–H groups in total. The molecule has 0 bridgehead atoms. The molecule has 1 aromatic heterocycles. The highest BCUT2D eigenvalue weighted by Gasteiger charge is 2.47. The van der Waals surface area contributed by atoms with Crippen LogP contribution in [0.3, 0.4) is 0 Å². The van der Waals surface area contributed by atoms with Crippen LogP contribution in [0, 0.1) is 0 Å². The Bertz CT molecular complexity index is 504. The molecule has 16 heavy (non-hydrogen) atoms. The number of nitrogen functional groups attached to an aromatic ring is 1. The first-order chi connectivity index (χ1) is 7.81. The highest BCUT2D eigenvalue weighted by atomic mass is 14.8. The fourth-order valence-electron chi connectivity index (χ4n) is 2.23. The number of nitrogens with zero attached hydrogens (tertiary/aromatic N) is 2. The smallest absolute Gasteiger partial charge is 0.115 e. The molecule has 1 aliphatic rings. The van der Waals surface area contributed by atoms with Gasteiger partial charge in [0, 0.05) is 17.3 Å². The van der Waals surface area contributed by atoms with E-state index in [0.29, 0.717) is 0 Å². The van der Waals surface area contributed by atoms with Gasteiger partial charge in [-0.1, -0.05) is 12.1 Å². The van der Waals surface area contributed by atoms with Crippen LogP contribution in [0.15, 0.2) is 42.9 Å². The third-order valence-corrected chi connectivity index (χ3v) is 3.26. The maximum absolute atomic E-state index is 5.83. The van der Waals surface area contributed by atoms with E-state index < -0.39 is 0 Å². The molecule has 1 heterocycles. The van der Waals surface area contributed by atoms with Crippen molar-refractivity contribution in [3.8, 4) is 0 Å².